The highest BCUT2D eigenvalue weighted by Gasteiger charge is 2.34. The highest BCUT2D eigenvalue weighted by atomic mass is 16.5. The van der Waals surface area contributed by atoms with E-state index in [9.17, 15) is 4.79 Å². The van der Waals surface area contributed by atoms with Crippen LogP contribution < -0.4 is 5.32 Å². The second-order valence-corrected chi connectivity index (χ2v) is 4.10. The Hall–Kier alpha value is -0.610. The molecular formula is C10H18N2O2. The van der Waals surface area contributed by atoms with Crippen LogP contribution in [0.4, 0.5) is 0 Å². The Labute approximate surface area is 84.6 Å². The van der Waals surface area contributed by atoms with Gasteiger partial charge in [0.1, 0.15) is 0 Å². The average Bonchev–Trinajstić information content (AvgIpc) is 2.17. The molecule has 4 heteroatoms. The minimum absolute atomic E-state index is 0.0709. The van der Waals surface area contributed by atoms with Crippen LogP contribution in [-0.2, 0) is 9.53 Å². The summed E-state index contributed by atoms with van der Waals surface area (Å²) < 4.78 is 5.14. The monoisotopic (exact) mass is 198 g/mol. The molecule has 1 N–H and O–H groups in total. The third-order valence-corrected chi connectivity index (χ3v) is 3.10. The highest BCUT2D eigenvalue weighted by molar-refractivity contribution is 5.82. The number of methoxy groups -OCH3 is 1. The van der Waals surface area contributed by atoms with Crippen LogP contribution in [0.5, 0.6) is 0 Å². The zero-order valence-corrected chi connectivity index (χ0v) is 8.66. The molecular weight excluding hydrogens is 180 g/mol. The van der Waals surface area contributed by atoms with Gasteiger partial charge >= 0.3 is 0 Å². The molecule has 1 atom stereocenters. The number of hydrogen-bond donors (Lipinski definition) is 1. The Bertz CT molecular complexity index is 208. The van der Waals surface area contributed by atoms with Crippen molar-refractivity contribution in [3.63, 3.8) is 0 Å². The van der Waals surface area contributed by atoms with Crippen molar-refractivity contribution in [3.05, 3.63) is 0 Å². The summed E-state index contributed by atoms with van der Waals surface area (Å²) in [5.41, 5.74) is 0. The quantitative estimate of drug-likeness (QED) is 0.678. The van der Waals surface area contributed by atoms with Gasteiger partial charge in [0.25, 0.3) is 0 Å². The van der Waals surface area contributed by atoms with Gasteiger partial charge in [0.05, 0.1) is 12.1 Å². The Morgan fingerprint density at radius 3 is 2.79 bits per heavy atom. The minimum Gasteiger partial charge on any atom is -0.378 e. The first-order valence-electron chi connectivity index (χ1n) is 5.36. The zero-order valence-electron chi connectivity index (χ0n) is 8.66. The summed E-state index contributed by atoms with van der Waals surface area (Å²) in [6.45, 7) is 2.53. The summed E-state index contributed by atoms with van der Waals surface area (Å²) in [7, 11) is 1.70. The third kappa shape index (κ3) is 1.91. The number of nitrogens with zero attached hydrogens (tertiary/aromatic N) is 1. The van der Waals surface area contributed by atoms with E-state index in [2.05, 4.69) is 5.32 Å². The molecule has 0 bridgehead atoms. The predicted octanol–water partition coefficient (Wildman–Crippen LogP) is -0.0143. The van der Waals surface area contributed by atoms with Crippen molar-refractivity contribution in [2.24, 2.45) is 0 Å². The molecule has 0 radical (unpaired) electrons. The molecule has 0 unspecified atom stereocenters. The highest BCUT2D eigenvalue weighted by Crippen LogP contribution is 2.16. The van der Waals surface area contributed by atoms with Crippen molar-refractivity contribution in [1.82, 2.24) is 10.2 Å². The fourth-order valence-corrected chi connectivity index (χ4v) is 2.05. The maximum absolute atomic E-state index is 11.8. The van der Waals surface area contributed by atoms with Crippen molar-refractivity contribution >= 4 is 5.91 Å². The summed E-state index contributed by atoms with van der Waals surface area (Å²) in [5, 5.41) is 3.27. The maximum Gasteiger partial charge on any atom is 0.239 e. The van der Waals surface area contributed by atoms with Gasteiger partial charge in [0, 0.05) is 20.2 Å². The van der Waals surface area contributed by atoms with Gasteiger partial charge in [-0.15, -0.1) is 0 Å². The lowest BCUT2D eigenvalue weighted by Crippen LogP contribution is -2.59. The Balaban J connectivity index is 1.78. The fourth-order valence-electron chi connectivity index (χ4n) is 2.05. The third-order valence-electron chi connectivity index (χ3n) is 3.10. The van der Waals surface area contributed by atoms with E-state index in [-0.39, 0.29) is 18.1 Å². The van der Waals surface area contributed by atoms with Gasteiger partial charge in [-0.05, 0) is 19.4 Å². The van der Waals surface area contributed by atoms with Crippen molar-refractivity contribution in [2.45, 2.75) is 31.4 Å². The molecule has 80 valence electrons. The Kier molecular flexibility index (Phi) is 3.03. The molecule has 1 amide bonds. The molecule has 0 aromatic heterocycles. The topological polar surface area (TPSA) is 41.6 Å². The maximum atomic E-state index is 11.8. The second kappa shape index (κ2) is 4.28. The Morgan fingerprint density at radius 2 is 2.21 bits per heavy atom. The molecule has 4 nitrogen and oxygen atoms in total. The first-order chi connectivity index (χ1) is 6.81. The average molecular weight is 198 g/mol. The summed E-state index contributed by atoms with van der Waals surface area (Å²) in [5.74, 6) is 0.262. The van der Waals surface area contributed by atoms with E-state index in [1.54, 1.807) is 7.11 Å². The molecule has 2 saturated heterocycles. The second-order valence-electron chi connectivity index (χ2n) is 4.10. The standard InChI is InChI=1S/C10H18N2O2/c1-14-8-6-12(7-8)10(13)9-4-2-3-5-11-9/h8-9,11H,2-7H2,1H3/t9-/m0/s1. The lowest BCUT2D eigenvalue weighted by molar-refractivity contribution is -0.145. The van der Waals surface area contributed by atoms with Gasteiger partial charge in [0.15, 0.2) is 0 Å². The molecule has 0 aliphatic carbocycles. The molecule has 14 heavy (non-hydrogen) atoms. The SMILES string of the molecule is COC1CN(C(=O)[C@@H]2CCCCN2)C1. The van der Waals surface area contributed by atoms with Crippen LogP contribution in [0.15, 0.2) is 0 Å². The summed E-state index contributed by atoms with van der Waals surface area (Å²) in [6, 6.07) is 0.0709. The van der Waals surface area contributed by atoms with Crippen molar-refractivity contribution in [3.8, 4) is 0 Å². The van der Waals surface area contributed by atoms with Crippen LogP contribution in [-0.4, -0.2) is 49.7 Å². The van der Waals surface area contributed by atoms with Crippen LogP contribution in [0.3, 0.4) is 0 Å². The molecule has 0 aromatic carbocycles. The van der Waals surface area contributed by atoms with Crippen molar-refractivity contribution in [2.75, 3.05) is 26.7 Å². The summed E-state index contributed by atoms with van der Waals surface area (Å²) in [6.07, 6.45) is 3.63. The van der Waals surface area contributed by atoms with E-state index < -0.39 is 0 Å². The van der Waals surface area contributed by atoms with Gasteiger partial charge in [-0.25, -0.2) is 0 Å². The molecule has 2 rings (SSSR count). The summed E-state index contributed by atoms with van der Waals surface area (Å²) in [4.78, 5) is 13.7. The molecule has 2 aliphatic rings. The lowest BCUT2D eigenvalue weighted by Gasteiger charge is -2.40. The van der Waals surface area contributed by atoms with Crippen molar-refractivity contribution in [1.29, 1.82) is 0 Å². The van der Waals surface area contributed by atoms with E-state index >= 15 is 0 Å². The van der Waals surface area contributed by atoms with E-state index in [0.717, 1.165) is 26.1 Å². The van der Waals surface area contributed by atoms with Crippen LogP contribution in [0, 0.1) is 0 Å². The van der Waals surface area contributed by atoms with Crippen LogP contribution in [0.2, 0.25) is 0 Å². The van der Waals surface area contributed by atoms with Gasteiger partial charge in [-0.2, -0.15) is 0 Å². The van der Waals surface area contributed by atoms with E-state index in [1.165, 1.54) is 12.8 Å². The van der Waals surface area contributed by atoms with Crippen LogP contribution in [0.1, 0.15) is 19.3 Å². The molecule has 2 fully saturated rings. The number of amides is 1. The minimum atomic E-state index is 0.0709. The first kappa shape index (κ1) is 9.93. The first-order valence-corrected chi connectivity index (χ1v) is 5.36. The van der Waals surface area contributed by atoms with Crippen LogP contribution >= 0.6 is 0 Å². The zero-order chi connectivity index (χ0) is 9.97. The number of nitrogens with one attached hydrogen (secondary N) is 1. The predicted molar refractivity (Wildman–Crippen MR) is 53.0 cm³/mol. The molecule has 2 aliphatic heterocycles. The smallest absolute Gasteiger partial charge is 0.239 e. The van der Waals surface area contributed by atoms with Crippen molar-refractivity contribution < 1.29 is 9.53 Å². The van der Waals surface area contributed by atoms with E-state index in [1.807, 2.05) is 4.90 Å². The number of likely N-dealkylation sites (tertiary alicyclic amines) is 1. The van der Waals surface area contributed by atoms with E-state index in [0.29, 0.717) is 0 Å². The van der Waals surface area contributed by atoms with Crippen LogP contribution in [0.25, 0.3) is 0 Å². The van der Waals surface area contributed by atoms with Gasteiger partial charge < -0.3 is 15.0 Å². The molecule has 2 heterocycles. The lowest BCUT2D eigenvalue weighted by atomic mass is 10.0. The number of piperidine rings is 1. The fraction of sp³-hybridized carbons (Fsp3) is 0.900. The Morgan fingerprint density at radius 1 is 1.43 bits per heavy atom. The van der Waals surface area contributed by atoms with E-state index in [4.69, 9.17) is 4.74 Å². The number of carbonyl (C=O) groups is 1. The largest absolute Gasteiger partial charge is 0.378 e. The summed E-state index contributed by atoms with van der Waals surface area (Å²) >= 11 is 0. The molecule has 0 aromatic rings. The normalized spacial score (nSPS) is 28.6. The number of rotatable bonds is 2. The molecule has 0 spiro atoms. The molecule has 0 saturated carbocycles. The number of carbonyl (C=O) groups excluding carboxylic acids is 1. The van der Waals surface area contributed by atoms with Gasteiger partial charge in [-0.1, -0.05) is 6.42 Å². The number of ether oxygens (including phenoxy) is 1. The van der Waals surface area contributed by atoms with Gasteiger partial charge in [0.2, 0.25) is 5.91 Å². The van der Waals surface area contributed by atoms with Gasteiger partial charge in [-0.3, -0.25) is 4.79 Å². The number of hydrogen-bond acceptors (Lipinski definition) is 3.